The molecule has 3 rings (SSSR count). The summed E-state index contributed by atoms with van der Waals surface area (Å²) in [7, 11) is 0. The van der Waals surface area contributed by atoms with Crippen LogP contribution in [0.2, 0.25) is 0 Å². The van der Waals surface area contributed by atoms with Gasteiger partial charge >= 0.3 is 0 Å². The van der Waals surface area contributed by atoms with E-state index in [4.69, 9.17) is 0 Å². The van der Waals surface area contributed by atoms with Crippen molar-refractivity contribution in [2.75, 3.05) is 13.1 Å². The molecule has 1 heterocycles. The molecule has 1 aliphatic heterocycles. The molecule has 0 fully saturated rings. The minimum absolute atomic E-state index is 0.161. The number of nitrogens with one attached hydrogen (secondary N) is 1. The van der Waals surface area contributed by atoms with Gasteiger partial charge in [0.25, 0.3) is 11.8 Å². The maximum atomic E-state index is 12.1. The predicted molar refractivity (Wildman–Crippen MR) is 98.2 cm³/mol. The molecule has 0 saturated carbocycles. The third kappa shape index (κ3) is 4.25. The molecule has 2 aromatic rings. The summed E-state index contributed by atoms with van der Waals surface area (Å²) < 4.78 is 0. The average molecular weight is 348 g/mol. The molecule has 26 heavy (non-hydrogen) atoms. The Kier molecular flexibility index (Phi) is 5.59. The van der Waals surface area contributed by atoms with E-state index >= 15 is 0 Å². The van der Waals surface area contributed by atoms with E-state index in [0.717, 1.165) is 11.3 Å². The first-order valence-corrected chi connectivity index (χ1v) is 8.55. The zero-order valence-electron chi connectivity index (χ0n) is 14.3. The van der Waals surface area contributed by atoms with E-state index < -0.39 is 11.8 Å². The summed E-state index contributed by atoms with van der Waals surface area (Å²) in [6.45, 7) is 0.211. The van der Waals surface area contributed by atoms with Gasteiger partial charge in [0, 0.05) is 24.6 Å². The quantitative estimate of drug-likeness (QED) is 0.781. The van der Waals surface area contributed by atoms with Gasteiger partial charge in [0.1, 0.15) is 6.54 Å². The molecule has 0 saturated heterocycles. The van der Waals surface area contributed by atoms with Crippen LogP contribution < -0.4 is 5.32 Å². The number of carbonyl (C=O) groups excluding carboxylic acids is 3. The molecule has 132 valence electrons. The summed E-state index contributed by atoms with van der Waals surface area (Å²) in [5, 5.41) is 2.81. The fraction of sp³-hybridized carbons (Fsp3) is 0.190. The second-order valence-electron chi connectivity index (χ2n) is 6.11. The molecule has 5 nitrogen and oxygen atoms in total. The smallest absolute Gasteiger partial charge is 0.254 e. The molecule has 0 aliphatic carbocycles. The maximum Gasteiger partial charge on any atom is 0.254 e. The third-order valence-electron chi connectivity index (χ3n) is 4.36. The molecule has 0 aromatic heterocycles. The highest BCUT2D eigenvalue weighted by molar-refractivity contribution is 6.14. The average Bonchev–Trinajstić information content (AvgIpc) is 2.98. The first-order chi connectivity index (χ1) is 12.6. The van der Waals surface area contributed by atoms with E-state index in [1.165, 1.54) is 23.3 Å². The number of amides is 3. The van der Waals surface area contributed by atoms with Crippen LogP contribution in [0, 0.1) is 0 Å². The Hall–Kier alpha value is -3.21. The monoisotopic (exact) mass is 348 g/mol. The minimum Gasteiger partial charge on any atom is -0.355 e. The van der Waals surface area contributed by atoms with Gasteiger partial charge in [0.15, 0.2) is 0 Å². The highest BCUT2D eigenvalue weighted by Crippen LogP contribution is 2.27. The van der Waals surface area contributed by atoms with Crippen molar-refractivity contribution in [3.8, 4) is 0 Å². The fourth-order valence-corrected chi connectivity index (χ4v) is 3.04. The Morgan fingerprint density at radius 3 is 1.85 bits per heavy atom. The number of hydrogen-bond acceptors (Lipinski definition) is 3. The molecule has 3 amide bonds. The van der Waals surface area contributed by atoms with Crippen LogP contribution in [0.4, 0.5) is 0 Å². The number of nitrogens with zero attached hydrogens (tertiary/aromatic N) is 1. The lowest BCUT2D eigenvalue weighted by Gasteiger charge is -2.19. The second kappa shape index (κ2) is 8.25. The molecule has 1 N–H and O–H groups in total. The van der Waals surface area contributed by atoms with E-state index in [-0.39, 0.29) is 18.4 Å². The van der Waals surface area contributed by atoms with Crippen molar-refractivity contribution >= 4 is 17.7 Å². The van der Waals surface area contributed by atoms with Crippen LogP contribution in [0.15, 0.2) is 72.8 Å². The number of carbonyl (C=O) groups is 3. The van der Waals surface area contributed by atoms with Crippen molar-refractivity contribution in [1.82, 2.24) is 10.2 Å². The molecule has 0 atom stereocenters. The molecule has 0 bridgehead atoms. The van der Waals surface area contributed by atoms with Gasteiger partial charge in [-0.3, -0.25) is 19.3 Å². The van der Waals surface area contributed by atoms with Gasteiger partial charge in [-0.25, -0.2) is 0 Å². The summed E-state index contributed by atoms with van der Waals surface area (Å²) in [4.78, 5) is 36.0. The highest BCUT2D eigenvalue weighted by Gasteiger charge is 2.25. The maximum absolute atomic E-state index is 12.1. The van der Waals surface area contributed by atoms with Crippen molar-refractivity contribution in [1.29, 1.82) is 0 Å². The second-order valence-corrected chi connectivity index (χ2v) is 6.11. The van der Waals surface area contributed by atoms with Crippen LogP contribution in [-0.2, 0) is 14.4 Å². The Morgan fingerprint density at radius 2 is 1.35 bits per heavy atom. The van der Waals surface area contributed by atoms with Crippen LogP contribution in [0.3, 0.4) is 0 Å². The SMILES string of the molecule is O=C(CN1C(=O)C=CC1=O)NCCC(c1ccccc1)c1ccccc1. The Morgan fingerprint density at radius 1 is 0.846 bits per heavy atom. The van der Waals surface area contributed by atoms with Crippen LogP contribution in [0.25, 0.3) is 0 Å². The minimum atomic E-state index is -0.448. The predicted octanol–water partition coefficient (Wildman–Crippen LogP) is 2.25. The molecular formula is C21H20N2O3. The van der Waals surface area contributed by atoms with Crippen molar-refractivity contribution in [3.63, 3.8) is 0 Å². The fourth-order valence-electron chi connectivity index (χ4n) is 3.04. The van der Waals surface area contributed by atoms with Crippen molar-refractivity contribution < 1.29 is 14.4 Å². The van der Waals surface area contributed by atoms with Crippen LogP contribution in [0.5, 0.6) is 0 Å². The Balaban J connectivity index is 1.59. The largest absolute Gasteiger partial charge is 0.355 e. The van der Waals surface area contributed by atoms with Gasteiger partial charge in [-0.1, -0.05) is 60.7 Å². The summed E-state index contributed by atoms with van der Waals surface area (Å²) in [6, 6.07) is 20.3. The van der Waals surface area contributed by atoms with Gasteiger partial charge in [0.2, 0.25) is 5.91 Å². The van der Waals surface area contributed by atoms with Crippen LogP contribution >= 0.6 is 0 Å². The lowest BCUT2D eigenvalue weighted by Crippen LogP contribution is -2.40. The molecule has 0 unspecified atom stereocenters. The summed E-state index contributed by atoms with van der Waals surface area (Å²) in [6.07, 6.45) is 3.08. The molecule has 2 aromatic carbocycles. The van der Waals surface area contributed by atoms with E-state index in [0.29, 0.717) is 6.54 Å². The van der Waals surface area contributed by atoms with Gasteiger partial charge in [0.05, 0.1) is 0 Å². The highest BCUT2D eigenvalue weighted by atomic mass is 16.2. The topological polar surface area (TPSA) is 66.5 Å². The molecule has 1 aliphatic rings. The summed E-state index contributed by atoms with van der Waals surface area (Å²) in [5.74, 6) is -1.07. The molecule has 0 radical (unpaired) electrons. The first-order valence-electron chi connectivity index (χ1n) is 8.55. The normalized spacial score (nSPS) is 13.5. The van der Waals surface area contributed by atoms with E-state index in [1.807, 2.05) is 36.4 Å². The van der Waals surface area contributed by atoms with Gasteiger partial charge < -0.3 is 5.32 Å². The number of rotatable bonds is 7. The zero-order valence-corrected chi connectivity index (χ0v) is 14.3. The zero-order chi connectivity index (χ0) is 18.4. The third-order valence-corrected chi connectivity index (χ3v) is 4.36. The van der Waals surface area contributed by atoms with E-state index in [1.54, 1.807) is 0 Å². The summed E-state index contributed by atoms with van der Waals surface area (Å²) >= 11 is 0. The van der Waals surface area contributed by atoms with Gasteiger partial charge in [-0.15, -0.1) is 0 Å². The van der Waals surface area contributed by atoms with Gasteiger partial charge in [-0.2, -0.15) is 0 Å². The Labute approximate surface area is 152 Å². The van der Waals surface area contributed by atoms with Crippen LogP contribution in [0.1, 0.15) is 23.5 Å². The molecule has 0 spiro atoms. The van der Waals surface area contributed by atoms with E-state index in [2.05, 4.69) is 29.6 Å². The molecular weight excluding hydrogens is 328 g/mol. The lowest BCUT2D eigenvalue weighted by molar-refractivity contribution is -0.141. The summed E-state index contributed by atoms with van der Waals surface area (Å²) in [5.41, 5.74) is 2.36. The standard InChI is InChI=1S/C21H20N2O3/c24-19(15-23-20(25)11-12-21(23)26)22-14-13-18(16-7-3-1-4-8-16)17-9-5-2-6-10-17/h1-12,18H,13-15H2,(H,22,24). The first kappa shape index (κ1) is 17.6. The van der Waals surface area contributed by atoms with Crippen molar-refractivity contribution in [3.05, 3.63) is 83.9 Å². The number of hydrogen-bond donors (Lipinski definition) is 1. The van der Waals surface area contributed by atoms with Crippen molar-refractivity contribution in [2.24, 2.45) is 0 Å². The number of imide groups is 1. The molecule has 5 heteroatoms. The number of benzene rings is 2. The van der Waals surface area contributed by atoms with E-state index in [9.17, 15) is 14.4 Å². The van der Waals surface area contributed by atoms with Crippen LogP contribution in [-0.4, -0.2) is 35.7 Å². The Bertz CT molecular complexity index is 758. The van der Waals surface area contributed by atoms with Gasteiger partial charge in [-0.05, 0) is 17.5 Å². The lowest BCUT2D eigenvalue weighted by atomic mass is 9.88. The van der Waals surface area contributed by atoms with Crippen molar-refractivity contribution in [2.45, 2.75) is 12.3 Å².